The third kappa shape index (κ3) is 3.68. The predicted octanol–water partition coefficient (Wildman–Crippen LogP) is 4.20. The first-order valence-electron chi connectivity index (χ1n) is 9.19. The molecule has 9 heteroatoms. The molecule has 1 fully saturated rings. The summed E-state index contributed by atoms with van der Waals surface area (Å²) in [6, 6.07) is 2.26. The van der Waals surface area contributed by atoms with Gasteiger partial charge in [-0.3, -0.25) is 4.79 Å². The number of aromatic nitrogens is 2. The summed E-state index contributed by atoms with van der Waals surface area (Å²) in [5.41, 5.74) is -0.00239. The number of alkyl halides is 3. The summed E-state index contributed by atoms with van der Waals surface area (Å²) in [5.74, 6) is 0.157. The SMILES string of the molecule is O=C(NC1CCCCC1)c1cc2n(n1)[C@@H](C(F)(F)F)C[C@H](c1ccco1)N2. The fourth-order valence-electron chi connectivity index (χ4n) is 3.87. The molecule has 3 heterocycles. The normalized spacial score (nSPS) is 23.5. The number of carbonyl (C=O) groups excluding carboxylic acids is 1. The number of furan rings is 1. The lowest BCUT2D eigenvalue weighted by Crippen LogP contribution is -2.37. The average Bonchev–Trinajstić information content (AvgIpc) is 3.30. The molecule has 1 amide bonds. The van der Waals surface area contributed by atoms with Gasteiger partial charge in [-0.25, -0.2) is 4.68 Å². The van der Waals surface area contributed by atoms with Crippen LogP contribution in [0.5, 0.6) is 0 Å². The first kappa shape index (κ1) is 17.9. The van der Waals surface area contributed by atoms with Gasteiger partial charge in [-0.1, -0.05) is 19.3 Å². The largest absolute Gasteiger partial charge is 0.467 e. The van der Waals surface area contributed by atoms with Crippen LogP contribution in [0, 0.1) is 0 Å². The summed E-state index contributed by atoms with van der Waals surface area (Å²) in [6.07, 6.45) is 1.72. The van der Waals surface area contributed by atoms with Crippen molar-refractivity contribution in [1.29, 1.82) is 0 Å². The molecule has 2 atom stereocenters. The Bertz CT molecular complexity index is 794. The van der Waals surface area contributed by atoms with Gasteiger partial charge in [-0.05, 0) is 25.0 Å². The summed E-state index contributed by atoms with van der Waals surface area (Å²) in [5, 5.41) is 9.87. The fraction of sp³-hybridized carbons (Fsp3) is 0.556. The van der Waals surface area contributed by atoms with Crippen molar-refractivity contribution < 1.29 is 22.4 Å². The van der Waals surface area contributed by atoms with Gasteiger partial charge in [-0.2, -0.15) is 18.3 Å². The number of carbonyl (C=O) groups is 1. The van der Waals surface area contributed by atoms with Crippen LogP contribution in [0.2, 0.25) is 0 Å². The zero-order valence-corrected chi connectivity index (χ0v) is 14.6. The smallest absolute Gasteiger partial charge is 0.410 e. The number of hydrogen-bond donors (Lipinski definition) is 2. The molecular weight excluding hydrogens is 361 g/mol. The molecule has 2 N–H and O–H groups in total. The minimum Gasteiger partial charge on any atom is -0.467 e. The molecule has 2 aliphatic rings. The summed E-state index contributed by atoms with van der Waals surface area (Å²) in [7, 11) is 0. The summed E-state index contributed by atoms with van der Waals surface area (Å²) < 4.78 is 46.9. The van der Waals surface area contributed by atoms with Crippen LogP contribution >= 0.6 is 0 Å². The number of anilines is 1. The quantitative estimate of drug-likeness (QED) is 0.835. The molecule has 0 saturated heterocycles. The van der Waals surface area contributed by atoms with Crippen molar-refractivity contribution in [3.05, 3.63) is 35.9 Å². The van der Waals surface area contributed by atoms with Crippen molar-refractivity contribution in [2.75, 3.05) is 5.32 Å². The summed E-state index contributed by atoms with van der Waals surface area (Å²) in [6.45, 7) is 0. The van der Waals surface area contributed by atoms with Gasteiger partial charge in [0.1, 0.15) is 11.6 Å². The van der Waals surface area contributed by atoms with E-state index in [9.17, 15) is 18.0 Å². The molecule has 0 spiro atoms. The van der Waals surface area contributed by atoms with Crippen LogP contribution in [0.15, 0.2) is 28.9 Å². The number of rotatable bonds is 3. The van der Waals surface area contributed by atoms with Gasteiger partial charge in [0, 0.05) is 18.5 Å². The van der Waals surface area contributed by atoms with Crippen LogP contribution in [0.1, 0.15) is 66.9 Å². The van der Waals surface area contributed by atoms with Crippen molar-refractivity contribution in [2.24, 2.45) is 0 Å². The van der Waals surface area contributed by atoms with E-state index >= 15 is 0 Å². The lowest BCUT2D eigenvalue weighted by Gasteiger charge is -2.32. The molecule has 2 aromatic rings. The molecule has 0 bridgehead atoms. The van der Waals surface area contributed by atoms with E-state index in [1.807, 2.05) is 0 Å². The van der Waals surface area contributed by atoms with Gasteiger partial charge in [0.2, 0.25) is 0 Å². The van der Waals surface area contributed by atoms with Gasteiger partial charge >= 0.3 is 6.18 Å². The Kier molecular flexibility index (Phi) is 4.61. The molecule has 27 heavy (non-hydrogen) atoms. The number of fused-ring (bicyclic) bond motifs is 1. The van der Waals surface area contributed by atoms with E-state index in [1.165, 1.54) is 12.3 Å². The summed E-state index contributed by atoms with van der Waals surface area (Å²) >= 11 is 0. The van der Waals surface area contributed by atoms with Crippen molar-refractivity contribution in [1.82, 2.24) is 15.1 Å². The molecule has 0 aromatic carbocycles. The highest BCUT2D eigenvalue weighted by atomic mass is 19.4. The zero-order valence-electron chi connectivity index (χ0n) is 14.6. The highest BCUT2D eigenvalue weighted by Gasteiger charge is 2.47. The molecule has 0 unspecified atom stereocenters. The van der Waals surface area contributed by atoms with Gasteiger partial charge in [0.05, 0.1) is 12.3 Å². The van der Waals surface area contributed by atoms with Crippen LogP contribution in [0.3, 0.4) is 0 Å². The van der Waals surface area contributed by atoms with Crippen molar-refractivity contribution in [3.63, 3.8) is 0 Å². The van der Waals surface area contributed by atoms with Crippen LogP contribution in [0.4, 0.5) is 19.0 Å². The number of nitrogens with zero attached hydrogens (tertiary/aromatic N) is 2. The average molecular weight is 382 g/mol. The Balaban J connectivity index is 1.58. The lowest BCUT2D eigenvalue weighted by molar-refractivity contribution is -0.174. The first-order chi connectivity index (χ1) is 12.9. The van der Waals surface area contributed by atoms with E-state index in [4.69, 9.17) is 4.42 Å². The lowest BCUT2D eigenvalue weighted by atomic mass is 9.95. The molecular formula is C18H21F3N4O2. The maximum Gasteiger partial charge on any atom is 0.410 e. The zero-order chi connectivity index (χ0) is 19.0. The van der Waals surface area contributed by atoms with E-state index in [1.54, 1.807) is 12.1 Å². The second kappa shape index (κ2) is 6.94. The highest BCUT2D eigenvalue weighted by molar-refractivity contribution is 5.93. The number of amides is 1. The molecule has 1 aliphatic heterocycles. The van der Waals surface area contributed by atoms with E-state index in [0.29, 0.717) is 5.76 Å². The van der Waals surface area contributed by atoms with Crippen molar-refractivity contribution >= 4 is 11.7 Å². The standard InChI is InChI=1S/C18H21F3N4O2/c19-18(20,21)15-9-12(14-7-4-8-27-14)23-16-10-13(24-25(15)16)17(26)22-11-5-2-1-3-6-11/h4,7-8,10-12,15,23H,1-3,5-6,9H2,(H,22,26)/t12-,15-/m1/s1. The van der Waals surface area contributed by atoms with E-state index in [-0.39, 0.29) is 24.0 Å². The first-order valence-corrected chi connectivity index (χ1v) is 9.19. The molecule has 146 valence electrons. The second-order valence-electron chi connectivity index (χ2n) is 7.17. The molecule has 6 nitrogen and oxygen atoms in total. The Morgan fingerprint density at radius 1 is 1.30 bits per heavy atom. The fourth-order valence-corrected chi connectivity index (χ4v) is 3.87. The highest BCUT2D eigenvalue weighted by Crippen LogP contribution is 2.43. The van der Waals surface area contributed by atoms with E-state index < -0.39 is 24.2 Å². The van der Waals surface area contributed by atoms with Crippen molar-refractivity contribution in [2.45, 2.75) is 62.8 Å². The third-order valence-corrected chi connectivity index (χ3v) is 5.25. The van der Waals surface area contributed by atoms with Crippen molar-refractivity contribution in [3.8, 4) is 0 Å². The van der Waals surface area contributed by atoms with Crippen LogP contribution in [-0.2, 0) is 0 Å². The molecule has 1 saturated carbocycles. The Morgan fingerprint density at radius 3 is 2.74 bits per heavy atom. The Morgan fingerprint density at radius 2 is 2.07 bits per heavy atom. The molecule has 4 rings (SSSR count). The minimum absolute atomic E-state index is 0.00239. The van der Waals surface area contributed by atoms with E-state index in [2.05, 4.69) is 15.7 Å². The number of halogens is 3. The third-order valence-electron chi connectivity index (χ3n) is 5.25. The molecule has 2 aromatic heterocycles. The van der Waals surface area contributed by atoms with Crippen LogP contribution in [-0.4, -0.2) is 27.9 Å². The van der Waals surface area contributed by atoms with Gasteiger partial charge in [-0.15, -0.1) is 0 Å². The van der Waals surface area contributed by atoms with Crippen LogP contribution < -0.4 is 10.6 Å². The Hall–Kier alpha value is -2.45. The summed E-state index contributed by atoms with van der Waals surface area (Å²) in [4.78, 5) is 12.5. The maximum absolute atomic E-state index is 13.6. The van der Waals surface area contributed by atoms with Gasteiger partial charge < -0.3 is 15.1 Å². The van der Waals surface area contributed by atoms with Gasteiger partial charge in [0.25, 0.3) is 5.91 Å². The Labute approximate surface area is 154 Å². The second-order valence-corrected chi connectivity index (χ2v) is 7.17. The topological polar surface area (TPSA) is 72.1 Å². The maximum atomic E-state index is 13.6. The minimum atomic E-state index is -4.48. The molecule has 0 radical (unpaired) electrons. The molecule has 1 aliphatic carbocycles. The number of hydrogen-bond acceptors (Lipinski definition) is 4. The monoisotopic (exact) mass is 382 g/mol. The van der Waals surface area contributed by atoms with Crippen LogP contribution in [0.25, 0.3) is 0 Å². The van der Waals surface area contributed by atoms with E-state index in [0.717, 1.165) is 36.8 Å². The number of nitrogens with one attached hydrogen (secondary N) is 2. The van der Waals surface area contributed by atoms with Gasteiger partial charge in [0.15, 0.2) is 11.7 Å². The predicted molar refractivity (Wildman–Crippen MR) is 91.3 cm³/mol.